The second-order valence-electron chi connectivity index (χ2n) is 5.37. The number of hydrogen-bond acceptors (Lipinski definition) is 3. The van der Waals surface area contributed by atoms with Gasteiger partial charge in [-0.05, 0) is 36.3 Å². The number of aliphatic imine (C=N–C) groups is 1. The van der Waals surface area contributed by atoms with Crippen LogP contribution in [-0.2, 0) is 16.0 Å². The van der Waals surface area contributed by atoms with Crippen LogP contribution in [0.5, 0.6) is 0 Å². The summed E-state index contributed by atoms with van der Waals surface area (Å²) in [6.07, 6.45) is 0. The molecule has 0 aliphatic carbocycles. The Morgan fingerprint density at radius 3 is 2.71 bits per heavy atom. The van der Waals surface area contributed by atoms with Gasteiger partial charge in [0, 0.05) is 15.6 Å². The highest BCUT2D eigenvalue weighted by Gasteiger charge is 2.28. The molecule has 1 atom stereocenters. The van der Waals surface area contributed by atoms with E-state index in [2.05, 4.69) is 20.9 Å². The fourth-order valence-electron chi connectivity index (χ4n) is 2.60. The predicted octanol–water partition coefficient (Wildman–Crippen LogP) is 3.36. The summed E-state index contributed by atoms with van der Waals surface area (Å²) >= 11 is 2.42. The monoisotopic (exact) mass is 404 g/mol. The summed E-state index contributed by atoms with van der Waals surface area (Å²) in [5.74, 6) is 0.579. The van der Waals surface area contributed by atoms with Crippen molar-refractivity contribution in [2.24, 2.45) is 4.99 Å². The Hall–Kier alpha value is -1.63. The van der Waals surface area contributed by atoms with Gasteiger partial charge < -0.3 is 4.55 Å². The molecule has 0 saturated heterocycles. The summed E-state index contributed by atoms with van der Waals surface area (Å²) in [6.45, 7) is 1.91. The molecule has 1 aliphatic heterocycles. The van der Waals surface area contributed by atoms with Crippen molar-refractivity contribution in [3.8, 4) is 0 Å². The van der Waals surface area contributed by atoms with Crippen LogP contribution >= 0.6 is 15.9 Å². The summed E-state index contributed by atoms with van der Waals surface area (Å²) in [5, 5.41) is 0. The highest BCUT2D eigenvalue weighted by Crippen LogP contribution is 2.30. The van der Waals surface area contributed by atoms with Gasteiger partial charge in [0.15, 0.2) is 5.88 Å². The molecule has 4 nitrogen and oxygen atoms in total. The third kappa shape index (κ3) is 3.55. The minimum Gasteiger partial charge on any atom is -0.615 e. The zero-order valence-corrected chi connectivity index (χ0v) is 15.6. The van der Waals surface area contributed by atoms with E-state index in [1.54, 1.807) is 4.90 Å². The second-order valence-corrected chi connectivity index (χ2v) is 8.00. The zero-order valence-electron chi connectivity index (χ0n) is 13.2. The van der Waals surface area contributed by atoms with Gasteiger partial charge in [-0.25, -0.2) is 0 Å². The second kappa shape index (κ2) is 7.51. The van der Waals surface area contributed by atoms with Gasteiger partial charge in [0.05, 0.1) is 11.4 Å². The summed E-state index contributed by atoms with van der Waals surface area (Å²) in [4.78, 5) is 18.7. The van der Waals surface area contributed by atoms with E-state index in [1.165, 1.54) is 0 Å². The molecule has 0 fully saturated rings. The van der Waals surface area contributed by atoms with Crippen molar-refractivity contribution in [1.29, 1.82) is 0 Å². The first-order chi connectivity index (χ1) is 11.6. The number of benzene rings is 2. The molecular weight excluding hydrogens is 388 g/mol. The molecule has 1 unspecified atom stereocenters. The SMILES string of the molecule is CC[S+]([O-])CN1C(=O)CN=C(c2ccccc2)c2cc(Br)ccc21. The highest BCUT2D eigenvalue weighted by atomic mass is 79.9. The Morgan fingerprint density at radius 1 is 1.25 bits per heavy atom. The van der Waals surface area contributed by atoms with Crippen molar-refractivity contribution in [2.45, 2.75) is 6.92 Å². The van der Waals surface area contributed by atoms with Crippen molar-refractivity contribution in [2.75, 3.05) is 23.1 Å². The van der Waals surface area contributed by atoms with E-state index in [1.807, 2.05) is 55.5 Å². The van der Waals surface area contributed by atoms with Gasteiger partial charge in [-0.15, -0.1) is 0 Å². The lowest BCUT2D eigenvalue weighted by Crippen LogP contribution is -2.37. The van der Waals surface area contributed by atoms with Crippen LogP contribution in [-0.4, -0.2) is 34.3 Å². The fraction of sp³-hybridized carbons (Fsp3) is 0.222. The first-order valence-electron chi connectivity index (χ1n) is 7.65. The number of carbonyl (C=O) groups excluding carboxylic acids is 1. The van der Waals surface area contributed by atoms with Gasteiger partial charge >= 0.3 is 0 Å². The summed E-state index contributed by atoms with van der Waals surface area (Å²) < 4.78 is 12.9. The molecule has 0 spiro atoms. The standard InChI is InChI=1S/C18H17BrN2O2S/c1-2-24(23)12-21-16-9-8-14(19)10-15(16)18(20-11-17(21)22)13-6-4-3-5-7-13/h3-10H,2,11-12H2,1H3. The smallest absolute Gasteiger partial charge is 0.252 e. The van der Waals surface area contributed by atoms with E-state index in [4.69, 9.17) is 0 Å². The highest BCUT2D eigenvalue weighted by molar-refractivity contribution is 9.10. The Labute approximate surface area is 152 Å². The van der Waals surface area contributed by atoms with E-state index in [-0.39, 0.29) is 18.3 Å². The quantitative estimate of drug-likeness (QED) is 0.733. The molecular formula is C18H17BrN2O2S. The van der Waals surface area contributed by atoms with Gasteiger partial charge in [-0.1, -0.05) is 46.3 Å². The number of anilines is 1. The number of benzodiazepines with no additional fused rings is 1. The van der Waals surface area contributed by atoms with Crippen LogP contribution < -0.4 is 4.90 Å². The number of fused-ring (bicyclic) bond motifs is 1. The van der Waals surface area contributed by atoms with E-state index in [9.17, 15) is 9.35 Å². The first kappa shape index (κ1) is 17.2. The molecule has 0 radical (unpaired) electrons. The van der Waals surface area contributed by atoms with E-state index in [0.29, 0.717) is 5.75 Å². The molecule has 1 aliphatic rings. The number of halogens is 1. The molecule has 24 heavy (non-hydrogen) atoms. The van der Waals surface area contributed by atoms with Crippen LogP contribution in [0.3, 0.4) is 0 Å². The number of amides is 1. The fourth-order valence-corrected chi connectivity index (χ4v) is 3.72. The summed E-state index contributed by atoms with van der Waals surface area (Å²) in [5.41, 5.74) is 3.37. The molecule has 1 amide bonds. The average molecular weight is 405 g/mol. The summed E-state index contributed by atoms with van der Waals surface area (Å²) in [6, 6.07) is 15.5. The molecule has 6 heteroatoms. The molecule has 0 saturated carbocycles. The Balaban J connectivity index is 2.12. The van der Waals surface area contributed by atoms with Gasteiger partial charge in [0.1, 0.15) is 12.3 Å². The third-order valence-corrected chi connectivity index (χ3v) is 5.50. The Bertz CT molecular complexity index is 780. The minimum absolute atomic E-state index is 0.0530. The third-order valence-electron chi connectivity index (χ3n) is 3.82. The molecule has 1 heterocycles. The largest absolute Gasteiger partial charge is 0.615 e. The van der Waals surface area contributed by atoms with Gasteiger partial charge in [0.2, 0.25) is 0 Å². The van der Waals surface area contributed by atoms with Gasteiger partial charge in [-0.3, -0.25) is 14.7 Å². The van der Waals surface area contributed by atoms with Crippen molar-refractivity contribution in [3.63, 3.8) is 0 Å². The molecule has 0 N–H and O–H groups in total. The summed E-state index contributed by atoms with van der Waals surface area (Å²) in [7, 11) is 0. The van der Waals surface area contributed by atoms with Crippen LogP contribution in [0.2, 0.25) is 0 Å². The molecule has 0 aromatic heterocycles. The average Bonchev–Trinajstić information content (AvgIpc) is 2.73. The molecule has 2 aromatic rings. The maximum Gasteiger partial charge on any atom is 0.252 e. The van der Waals surface area contributed by atoms with E-state index < -0.39 is 11.2 Å². The maximum atomic E-state index is 12.6. The Morgan fingerprint density at radius 2 is 2.00 bits per heavy atom. The number of nitrogens with zero attached hydrogens (tertiary/aromatic N) is 2. The normalized spacial score (nSPS) is 15.5. The minimum atomic E-state index is -1.08. The molecule has 0 bridgehead atoms. The first-order valence-corrected chi connectivity index (χ1v) is 9.93. The van der Waals surface area contributed by atoms with Crippen LogP contribution in [0, 0.1) is 0 Å². The lowest BCUT2D eigenvalue weighted by Gasteiger charge is -2.23. The molecule has 2 aromatic carbocycles. The van der Waals surface area contributed by atoms with Crippen molar-refractivity contribution in [1.82, 2.24) is 0 Å². The predicted molar refractivity (Wildman–Crippen MR) is 102 cm³/mol. The van der Waals surface area contributed by atoms with Gasteiger partial charge in [-0.2, -0.15) is 0 Å². The molecule has 124 valence electrons. The number of carbonyl (C=O) groups is 1. The topological polar surface area (TPSA) is 55.7 Å². The zero-order chi connectivity index (χ0) is 17.1. The van der Waals surface area contributed by atoms with E-state index in [0.717, 1.165) is 27.0 Å². The van der Waals surface area contributed by atoms with Gasteiger partial charge in [0.25, 0.3) is 5.91 Å². The number of hydrogen-bond donors (Lipinski definition) is 0. The van der Waals surface area contributed by atoms with Crippen LogP contribution in [0.1, 0.15) is 18.1 Å². The number of rotatable bonds is 4. The molecule has 3 rings (SSSR count). The van der Waals surface area contributed by atoms with Crippen molar-refractivity contribution >= 4 is 44.4 Å². The lowest BCUT2D eigenvalue weighted by atomic mass is 10.0. The Kier molecular flexibility index (Phi) is 5.38. The van der Waals surface area contributed by atoms with Crippen molar-refractivity contribution in [3.05, 3.63) is 64.1 Å². The van der Waals surface area contributed by atoms with Crippen LogP contribution in [0.4, 0.5) is 5.69 Å². The van der Waals surface area contributed by atoms with E-state index >= 15 is 0 Å². The van der Waals surface area contributed by atoms with Crippen molar-refractivity contribution < 1.29 is 9.35 Å². The van der Waals surface area contributed by atoms with Crippen LogP contribution in [0.25, 0.3) is 0 Å². The van der Waals surface area contributed by atoms with Crippen LogP contribution in [0.15, 0.2) is 58.0 Å². The maximum absolute atomic E-state index is 12.6. The lowest BCUT2D eigenvalue weighted by molar-refractivity contribution is -0.117.